The Hall–Kier alpha value is -2.86. The van der Waals surface area contributed by atoms with Crippen LogP contribution in [-0.4, -0.2) is 30.9 Å². The summed E-state index contributed by atoms with van der Waals surface area (Å²) in [6.07, 6.45) is 8.11. The zero-order valence-electron chi connectivity index (χ0n) is 14.7. The third-order valence-electron chi connectivity index (χ3n) is 5.13. The first kappa shape index (κ1) is 15.4. The maximum absolute atomic E-state index is 4.80. The number of rotatable bonds is 4. The molecule has 1 aliphatic heterocycles. The van der Waals surface area contributed by atoms with Crippen LogP contribution in [0.5, 0.6) is 0 Å². The lowest BCUT2D eigenvalue weighted by Gasteiger charge is -2.06. The zero-order valence-corrected chi connectivity index (χ0v) is 14.7. The minimum absolute atomic E-state index is 0.878. The van der Waals surface area contributed by atoms with Gasteiger partial charge in [0.05, 0.1) is 5.69 Å². The lowest BCUT2D eigenvalue weighted by Crippen LogP contribution is -2.11. The maximum Gasteiger partial charge on any atom is 0.160 e. The van der Waals surface area contributed by atoms with Crippen molar-refractivity contribution in [3.8, 4) is 11.5 Å². The Balaban J connectivity index is 1.39. The second-order valence-electron chi connectivity index (χ2n) is 6.83. The van der Waals surface area contributed by atoms with E-state index in [2.05, 4.69) is 61.1 Å². The fourth-order valence-corrected chi connectivity index (χ4v) is 3.77. The minimum Gasteiger partial charge on any atom is -0.361 e. The normalized spacial score (nSPS) is 14.5. The topological polar surface area (TPSA) is 63.5 Å². The molecule has 0 atom stereocenters. The van der Waals surface area contributed by atoms with Gasteiger partial charge in [-0.2, -0.15) is 5.10 Å². The molecule has 0 aliphatic carbocycles. The van der Waals surface area contributed by atoms with Crippen LogP contribution >= 0.6 is 0 Å². The van der Waals surface area contributed by atoms with Gasteiger partial charge in [0, 0.05) is 49.1 Å². The molecule has 5 rings (SSSR count). The summed E-state index contributed by atoms with van der Waals surface area (Å²) in [5.74, 6) is 0.949. The number of nitrogens with zero attached hydrogens (tertiary/aromatic N) is 4. The number of hydrogen-bond acceptors (Lipinski definition) is 3. The summed E-state index contributed by atoms with van der Waals surface area (Å²) in [6, 6.07) is 10.6. The van der Waals surface area contributed by atoms with Gasteiger partial charge in [-0.25, -0.2) is 4.98 Å². The summed E-state index contributed by atoms with van der Waals surface area (Å²) >= 11 is 0. The van der Waals surface area contributed by atoms with Gasteiger partial charge in [0.15, 0.2) is 5.82 Å². The molecule has 0 spiro atoms. The number of aryl methyl sites for hydroxylation is 3. The molecule has 0 fully saturated rings. The molecule has 0 bridgehead atoms. The molecule has 0 saturated heterocycles. The molecule has 0 radical (unpaired) electrons. The van der Waals surface area contributed by atoms with Crippen molar-refractivity contribution in [2.45, 2.75) is 32.5 Å². The van der Waals surface area contributed by atoms with Crippen molar-refractivity contribution in [3.05, 3.63) is 60.2 Å². The van der Waals surface area contributed by atoms with Gasteiger partial charge in [-0.05, 0) is 37.1 Å². The summed E-state index contributed by atoms with van der Waals surface area (Å²) < 4.78 is 4.32. The SMILES string of the molecule is c1ccc2c(CCn3ccnc3-c3cc4n(n3)CCCNC4)c[nH]c2c1. The Kier molecular flexibility index (Phi) is 3.83. The molecule has 0 saturated carbocycles. The van der Waals surface area contributed by atoms with Crippen LogP contribution in [0.3, 0.4) is 0 Å². The van der Waals surface area contributed by atoms with Crippen molar-refractivity contribution < 1.29 is 0 Å². The number of benzene rings is 1. The number of nitrogens with one attached hydrogen (secondary N) is 2. The third kappa shape index (κ3) is 2.72. The zero-order chi connectivity index (χ0) is 17.3. The van der Waals surface area contributed by atoms with Gasteiger partial charge < -0.3 is 14.9 Å². The molecular weight excluding hydrogens is 324 g/mol. The van der Waals surface area contributed by atoms with Crippen LogP contribution in [0.25, 0.3) is 22.4 Å². The van der Waals surface area contributed by atoms with Gasteiger partial charge in [-0.3, -0.25) is 4.68 Å². The fraction of sp³-hybridized carbons (Fsp3) is 0.300. The molecule has 26 heavy (non-hydrogen) atoms. The number of imidazole rings is 1. The summed E-state index contributed by atoms with van der Waals surface area (Å²) in [4.78, 5) is 7.93. The van der Waals surface area contributed by atoms with Crippen LogP contribution in [0.15, 0.2) is 48.9 Å². The van der Waals surface area contributed by atoms with E-state index in [0.717, 1.165) is 50.5 Å². The van der Waals surface area contributed by atoms with E-state index >= 15 is 0 Å². The molecule has 132 valence electrons. The molecular formula is C20H22N6. The number of para-hydroxylation sites is 1. The highest BCUT2D eigenvalue weighted by molar-refractivity contribution is 5.83. The van der Waals surface area contributed by atoms with E-state index in [1.807, 2.05) is 12.4 Å². The van der Waals surface area contributed by atoms with Crippen molar-refractivity contribution in [3.63, 3.8) is 0 Å². The van der Waals surface area contributed by atoms with E-state index in [4.69, 9.17) is 5.10 Å². The summed E-state index contributed by atoms with van der Waals surface area (Å²) in [5, 5.41) is 9.54. The average Bonchev–Trinajstić information content (AvgIpc) is 3.35. The second kappa shape index (κ2) is 6.46. The van der Waals surface area contributed by atoms with E-state index < -0.39 is 0 Å². The van der Waals surface area contributed by atoms with Gasteiger partial charge in [0.25, 0.3) is 0 Å². The minimum atomic E-state index is 0.878. The number of aromatic amines is 1. The van der Waals surface area contributed by atoms with E-state index in [0.29, 0.717) is 0 Å². The Bertz CT molecular complexity index is 1010. The molecule has 3 aromatic heterocycles. The van der Waals surface area contributed by atoms with E-state index in [9.17, 15) is 0 Å². The first-order valence-electron chi connectivity index (χ1n) is 9.22. The molecule has 0 amide bonds. The lowest BCUT2D eigenvalue weighted by molar-refractivity contribution is 0.587. The highest BCUT2D eigenvalue weighted by Gasteiger charge is 2.15. The van der Waals surface area contributed by atoms with E-state index in [1.54, 1.807) is 0 Å². The molecule has 1 aromatic carbocycles. The molecule has 0 unspecified atom stereocenters. The van der Waals surface area contributed by atoms with Crippen molar-refractivity contribution in [2.75, 3.05) is 6.54 Å². The molecule has 2 N–H and O–H groups in total. The molecule has 6 heteroatoms. The smallest absolute Gasteiger partial charge is 0.160 e. The van der Waals surface area contributed by atoms with E-state index in [1.165, 1.54) is 22.2 Å². The maximum atomic E-state index is 4.80. The molecule has 6 nitrogen and oxygen atoms in total. The summed E-state index contributed by atoms with van der Waals surface area (Å²) in [5.41, 5.74) is 4.74. The Morgan fingerprint density at radius 3 is 3.15 bits per heavy atom. The third-order valence-corrected chi connectivity index (χ3v) is 5.13. The summed E-state index contributed by atoms with van der Waals surface area (Å²) in [7, 11) is 0. The van der Waals surface area contributed by atoms with Crippen molar-refractivity contribution in [1.29, 1.82) is 0 Å². The first-order chi connectivity index (χ1) is 12.9. The molecule has 1 aliphatic rings. The molecule has 4 heterocycles. The van der Waals surface area contributed by atoms with Crippen LogP contribution in [0, 0.1) is 0 Å². The first-order valence-corrected chi connectivity index (χ1v) is 9.22. The van der Waals surface area contributed by atoms with Gasteiger partial charge >= 0.3 is 0 Å². The number of fused-ring (bicyclic) bond motifs is 2. The highest BCUT2D eigenvalue weighted by Crippen LogP contribution is 2.22. The largest absolute Gasteiger partial charge is 0.361 e. The second-order valence-corrected chi connectivity index (χ2v) is 6.83. The predicted molar refractivity (Wildman–Crippen MR) is 102 cm³/mol. The molecule has 4 aromatic rings. The quantitative estimate of drug-likeness (QED) is 0.597. The highest BCUT2D eigenvalue weighted by atomic mass is 15.3. The van der Waals surface area contributed by atoms with Crippen molar-refractivity contribution in [2.24, 2.45) is 0 Å². The predicted octanol–water partition coefficient (Wildman–Crippen LogP) is 2.96. The monoisotopic (exact) mass is 346 g/mol. The number of H-pyrrole nitrogens is 1. The Labute approximate surface area is 151 Å². The Morgan fingerprint density at radius 1 is 1.19 bits per heavy atom. The van der Waals surface area contributed by atoms with Crippen molar-refractivity contribution >= 4 is 10.9 Å². The number of hydrogen-bond donors (Lipinski definition) is 2. The lowest BCUT2D eigenvalue weighted by atomic mass is 10.1. The van der Waals surface area contributed by atoms with Crippen LogP contribution in [0.2, 0.25) is 0 Å². The number of aromatic nitrogens is 5. The summed E-state index contributed by atoms with van der Waals surface area (Å²) in [6.45, 7) is 3.79. The van der Waals surface area contributed by atoms with Crippen LogP contribution < -0.4 is 5.32 Å². The van der Waals surface area contributed by atoms with Crippen LogP contribution in [0.1, 0.15) is 17.7 Å². The standard InChI is InChI=1S/C20H22N6/c1-2-5-18-17(4-1)15(13-23-18)6-10-25-11-8-22-20(25)19-12-16-14-21-7-3-9-26(16)24-19/h1-2,4-5,8,11-13,21,23H,3,6-7,9-10,14H2. The van der Waals surface area contributed by atoms with Gasteiger partial charge in [0.1, 0.15) is 5.69 Å². The fourth-order valence-electron chi connectivity index (χ4n) is 3.77. The van der Waals surface area contributed by atoms with Crippen molar-refractivity contribution in [1.82, 2.24) is 29.6 Å². The van der Waals surface area contributed by atoms with Gasteiger partial charge in [0.2, 0.25) is 0 Å². The van der Waals surface area contributed by atoms with E-state index in [-0.39, 0.29) is 0 Å². The van der Waals surface area contributed by atoms with Crippen LogP contribution in [0.4, 0.5) is 0 Å². The van der Waals surface area contributed by atoms with Gasteiger partial charge in [-0.1, -0.05) is 18.2 Å². The van der Waals surface area contributed by atoms with Crippen LogP contribution in [-0.2, 0) is 26.1 Å². The Morgan fingerprint density at radius 2 is 2.15 bits per heavy atom. The average molecular weight is 346 g/mol. The van der Waals surface area contributed by atoms with Gasteiger partial charge in [-0.15, -0.1) is 0 Å².